The van der Waals surface area contributed by atoms with Gasteiger partial charge in [0.05, 0.1) is 0 Å². The van der Waals surface area contributed by atoms with E-state index in [1.807, 2.05) is 18.2 Å². The Hall–Kier alpha value is -1.39. The molecule has 2 saturated heterocycles. The summed E-state index contributed by atoms with van der Waals surface area (Å²) in [6.45, 7) is 4.63. The first-order chi connectivity index (χ1) is 10.1. The monoisotopic (exact) mass is 286 g/mol. The molecule has 0 radical (unpaired) electrons. The van der Waals surface area contributed by atoms with Crippen LogP contribution in [-0.2, 0) is 11.3 Å². The standard InChI is InChI=1S/C17H22N2O2/c1-11-14-7-13-9-18(8-12-5-3-2-4-6-12)15(17(20)21)10-19(13)16(11)14/h2-6,11,13-16H,7-10H2,1H3,(H,20,21)/t11?,13-,14+,15+,16+/m1/s1. The number of rotatable bonds is 3. The van der Waals surface area contributed by atoms with Crippen molar-refractivity contribution in [2.24, 2.45) is 11.8 Å². The summed E-state index contributed by atoms with van der Waals surface area (Å²) >= 11 is 0. The molecular formula is C17H22N2O2. The van der Waals surface area contributed by atoms with Crippen LogP contribution >= 0.6 is 0 Å². The summed E-state index contributed by atoms with van der Waals surface area (Å²) in [6.07, 6.45) is 1.25. The van der Waals surface area contributed by atoms with Gasteiger partial charge in [0, 0.05) is 31.7 Å². The minimum absolute atomic E-state index is 0.368. The smallest absolute Gasteiger partial charge is 0.322 e. The summed E-state index contributed by atoms with van der Waals surface area (Å²) in [6, 6.07) is 11.1. The third kappa shape index (κ3) is 2.17. The molecular weight excluding hydrogens is 264 g/mol. The van der Waals surface area contributed by atoms with E-state index >= 15 is 0 Å². The van der Waals surface area contributed by atoms with Crippen LogP contribution in [0.25, 0.3) is 0 Å². The molecule has 3 fully saturated rings. The van der Waals surface area contributed by atoms with Crippen molar-refractivity contribution in [3.05, 3.63) is 35.9 Å². The Bertz CT molecular complexity index is 547. The highest BCUT2D eigenvalue weighted by Crippen LogP contribution is 2.54. The van der Waals surface area contributed by atoms with Gasteiger partial charge in [-0.05, 0) is 23.8 Å². The van der Waals surface area contributed by atoms with Crippen molar-refractivity contribution in [2.45, 2.75) is 38.0 Å². The van der Waals surface area contributed by atoms with Gasteiger partial charge in [-0.3, -0.25) is 14.6 Å². The van der Waals surface area contributed by atoms with Gasteiger partial charge in [-0.15, -0.1) is 0 Å². The van der Waals surface area contributed by atoms with E-state index in [0.717, 1.165) is 24.9 Å². The molecule has 1 aliphatic carbocycles. The predicted octanol–water partition coefficient (Wildman–Crippen LogP) is 1.66. The second-order valence-corrected chi connectivity index (χ2v) is 6.87. The molecule has 1 unspecified atom stereocenters. The maximum absolute atomic E-state index is 11.7. The van der Waals surface area contributed by atoms with Gasteiger partial charge in [0.15, 0.2) is 0 Å². The minimum atomic E-state index is -0.680. The number of piperidine rings is 1. The third-order valence-corrected chi connectivity index (χ3v) is 5.69. The largest absolute Gasteiger partial charge is 0.480 e. The Balaban J connectivity index is 1.52. The zero-order valence-corrected chi connectivity index (χ0v) is 12.4. The average molecular weight is 286 g/mol. The summed E-state index contributed by atoms with van der Waals surface area (Å²) in [5.74, 6) is 0.915. The molecule has 3 aliphatic rings. The predicted molar refractivity (Wildman–Crippen MR) is 79.8 cm³/mol. The molecule has 1 aromatic carbocycles. The van der Waals surface area contributed by atoms with E-state index in [0.29, 0.717) is 18.6 Å². The SMILES string of the molecule is CC1[C@@H]2C[C@@H]3CN(Cc4ccccc4)[C@H](C(=O)O)CN3[C@@H]12. The maximum Gasteiger partial charge on any atom is 0.322 e. The lowest BCUT2D eigenvalue weighted by Crippen LogP contribution is -2.59. The summed E-state index contributed by atoms with van der Waals surface area (Å²) < 4.78 is 0. The van der Waals surface area contributed by atoms with E-state index in [1.165, 1.54) is 12.0 Å². The van der Waals surface area contributed by atoms with Crippen molar-refractivity contribution in [2.75, 3.05) is 13.1 Å². The van der Waals surface area contributed by atoms with Gasteiger partial charge >= 0.3 is 5.97 Å². The van der Waals surface area contributed by atoms with Crippen LogP contribution in [0.1, 0.15) is 18.9 Å². The van der Waals surface area contributed by atoms with Crippen molar-refractivity contribution in [1.82, 2.24) is 9.80 Å². The Morgan fingerprint density at radius 1 is 1.29 bits per heavy atom. The Morgan fingerprint density at radius 3 is 2.76 bits per heavy atom. The number of carbonyl (C=O) groups is 1. The number of carboxylic acids is 1. The molecule has 112 valence electrons. The van der Waals surface area contributed by atoms with Crippen molar-refractivity contribution in [3.63, 3.8) is 0 Å². The van der Waals surface area contributed by atoms with E-state index in [-0.39, 0.29) is 6.04 Å². The molecule has 2 heterocycles. The third-order valence-electron chi connectivity index (χ3n) is 5.69. The molecule has 1 aromatic rings. The highest BCUT2D eigenvalue weighted by Gasteiger charge is 2.60. The Labute approximate surface area is 125 Å². The fourth-order valence-electron chi connectivity index (χ4n) is 4.51. The first-order valence-electron chi connectivity index (χ1n) is 7.91. The second kappa shape index (κ2) is 4.82. The van der Waals surface area contributed by atoms with Gasteiger partial charge in [0.1, 0.15) is 6.04 Å². The van der Waals surface area contributed by atoms with E-state index in [2.05, 4.69) is 28.9 Å². The van der Waals surface area contributed by atoms with Gasteiger partial charge in [-0.1, -0.05) is 37.3 Å². The lowest BCUT2D eigenvalue weighted by Gasteiger charge is -2.43. The first kappa shape index (κ1) is 13.3. The molecule has 4 heteroatoms. The fraction of sp³-hybridized carbons (Fsp3) is 0.588. The summed E-state index contributed by atoms with van der Waals surface area (Å²) in [7, 11) is 0. The number of hydrogen-bond acceptors (Lipinski definition) is 3. The lowest BCUT2D eigenvalue weighted by molar-refractivity contribution is -0.147. The molecule has 0 amide bonds. The van der Waals surface area contributed by atoms with Crippen LogP contribution in [0.3, 0.4) is 0 Å². The molecule has 2 aliphatic heterocycles. The number of nitrogens with zero attached hydrogens (tertiary/aromatic N) is 2. The highest BCUT2D eigenvalue weighted by atomic mass is 16.4. The second-order valence-electron chi connectivity index (χ2n) is 6.87. The van der Waals surface area contributed by atoms with Crippen molar-refractivity contribution in [3.8, 4) is 0 Å². The molecule has 1 N–H and O–H groups in total. The van der Waals surface area contributed by atoms with Crippen LogP contribution in [0.5, 0.6) is 0 Å². The van der Waals surface area contributed by atoms with Crippen LogP contribution in [0.15, 0.2) is 30.3 Å². The summed E-state index contributed by atoms with van der Waals surface area (Å²) in [5, 5.41) is 9.60. The van der Waals surface area contributed by atoms with E-state index < -0.39 is 5.97 Å². The van der Waals surface area contributed by atoms with Crippen molar-refractivity contribution in [1.29, 1.82) is 0 Å². The molecule has 4 nitrogen and oxygen atoms in total. The molecule has 0 spiro atoms. The molecule has 21 heavy (non-hydrogen) atoms. The first-order valence-corrected chi connectivity index (χ1v) is 7.91. The van der Waals surface area contributed by atoms with Crippen molar-refractivity contribution < 1.29 is 9.90 Å². The van der Waals surface area contributed by atoms with Crippen LogP contribution < -0.4 is 0 Å². The summed E-state index contributed by atoms with van der Waals surface area (Å²) in [5.41, 5.74) is 1.20. The topological polar surface area (TPSA) is 43.8 Å². The number of aliphatic carboxylic acids is 1. The van der Waals surface area contributed by atoms with Crippen LogP contribution in [0, 0.1) is 11.8 Å². The van der Waals surface area contributed by atoms with Gasteiger partial charge in [-0.2, -0.15) is 0 Å². The number of hydrogen-bond donors (Lipinski definition) is 1. The van der Waals surface area contributed by atoms with E-state index in [4.69, 9.17) is 0 Å². The Morgan fingerprint density at radius 2 is 2.05 bits per heavy atom. The van der Waals surface area contributed by atoms with Gasteiger partial charge in [0.2, 0.25) is 0 Å². The highest BCUT2D eigenvalue weighted by molar-refractivity contribution is 5.74. The lowest BCUT2D eigenvalue weighted by atomic mass is 10.0. The number of piperazine rings is 1. The molecule has 4 rings (SSSR count). The van der Waals surface area contributed by atoms with Gasteiger partial charge < -0.3 is 5.11 Å². The normalized spacial score (nSPS) is 38.8. The zero-order chi connectivity index (χ0) is 14.6. The molecule has 1 saturated carbocycles. The van der Waals surface area contributed by atoms with E-state index in [1.54, 1.807) is 0 Å². The van der Waals surface area contributed by atoms with Crippen LogP contribution in [0.2, 0.25) is 0 Å². The molecule has 0 aromatic heterocycles. The zero-order valence-electron chi connectivity index (χ0n) is 12.4. The van der Waals surface area contributed by atoms with E-state index in [9.17, 15) is 9.90 Å². The summed E-state index contributed by atoms with van der Waals surface area (Å²) in [4.78, 5) is 16.3. The maximum atomic E-state index is 11.7. The molecule has 5 atom stereocenters. The number of benzene rings is 1. The van der Waals surface area contributed by atoms with Gasteiger partial charge in [-0.25, -0.2) is 0 Å². The van der Waals surface area contributed by atoms with Crippen molar-refractivity contribution >= 4 is 5.97 Å². The minimum Gasteiger partial charge on any atom is -0.480 e. The molecule has 0 bridgehead atoms. The number of fused-ring (bicyclic) bond motifs is 3. The Kier molecular flexibility index (Phi) is 3.05. The van der Waals surface area contributed by atoms with Crippen LogP contribution in [0.4, 0.5) is 0 Å². The fourth-order valence-corrected chi connectivity index (χ4v) is 4.51. The van der Waals surface area contributed by atoms with Crippen LogP contribution in [-0.4, -0.2) is 52.1 Å². The average Bonchev–Trinajstić information content (AvgIpc) is 2.95. The van der Waals surface area contributed by atoms with Gasteiger partial charge in [0.25, 0.3) is 0 Å². The number of carboxylic acid groups (broad SMARTS) is 1. The quantitative estimate of drug-likeness (QED) is 0.918.